The second kappa shape index (κ2) is 3.32. The summed E-state index contributed by atoms with van der Waals surface area (Å²) in [5.74, 6) is -0.178. The maximum absolute atomic E-state index is 14.0. The van der Waals surface area contributed by atoms with E-state index < -0.39 is 0 Å². The van der Waals surface area contributed by atoms with Gasteiger partial charge in [0.15, 0.2) is 5.58 Å². The smallest absolute Gasteiger partial charge is 0.172 e. The second-order valence-corrected chi connectivity index (χ2v) is 4.55. The Kier molecular flexibility index (Phi) is 2.02. The normalized spacial score (nSPS) is 14.4. The van der Waals surface area contributed by atoms with Crippen molar-refractivity contribution in [1.82, 2.24) is 10.1 Å². The van der Waals surface area contributed by atoms with Crippen LogP contribution in [0.2, 0.25) is 0 Å². The van der Waals surface area contributed by atoms with Gasteiger partial charge in [0.05, 0.1) is 5.69 Å². The van der Waals surface area contributed by atoms with Gasteiger partial charge in [-0.3, -0.25) is 0 Å². The molecular formula is C13H13FN2O. The van der Waals surface area contributed by atoms with E-state index in [1.165, 1.54) is 6.07 Å². The van der Waals surface area contributed by atoms with Crippen LogP contribution >= 0.6 is 0 Å². The molecule has 0 amide bonds. The maximum atomic E-state index is 14.0. The molecule has 2 heterocycles. The number of benzene rings is 1. The number of nitrogens with zero attached hydrogens (tertiary/aromatic N) is 2. The summed E-state index contributed by atoms with van der Waals surface area (Å²) in [7, 11) is 0. The van der Waals surface area contributed by atoms with E-state index in [9.17, 15) is 4.39 Å². The van der Waals surface area contributed by atoms with E-state index in [1.807, 2.05) is 18.7 Å². The molecule has 0 bridgehead atoms. The summed E-state index contributed by atoms with van der Waals surface area (Å²) < 4.78 is 19.3. The zero-order valence-electron chi connectivity index (χ0n) is 9.88. The highest BCUT2D eigenvalue weighted by Gasteiger charge is 2.27. The van der Waals surface area contributed by atoms with E-state index in [4.69, 9.17) is 4.52 Å². The Labute approximate surface area is 98.5 Å². The fourth-order valence-electron chi connectivity index (χ4n) is 2.31. The third kappa shape index (κ3) is 1.37. The lowest BCUT2D eigenvalue weighted by Gasteiger charge is -2.16. The van der Waals surface area contributed by atoms with Crippen molar-refractivity contribution in [2.24, 2.45) is 0 Å². The van der Waals surface area contributed by atoms with E-state index in [-0.39, 0.29) is 5.82 Å². The molecular weight excluding hydrogens is 219 g/mol. The summed E-state index contributed by atoms with van der Waals surface area (Å²) in [6.07, 6.45) is 0. The second-order valence-electron chi connectivity index (χ2n) is 4.55. The van der Waals surface area contributed by atoms with E-state index >= 15 is 0 Å². The molecule has 0 saturated heterocycles. The standard InChI is InChI=1S/C13H13FN2O/c1-7(2)16-5-10-11(6-16)13-9(4-12(10)14)8(3)15-17-13/h4H,1,5-6H2,2-3H3. The van der Waals surface area contributed by atoms with E-state index in [0.29, 0.717) is 24.2 Å². The molecule has 88 valence electrons. The first-order valence-electron chi connectivity index (χ1n) is 5.54. The first kappa shape index (κ1) is 10.3. The van der Waals surface area contributed by atoms with Crippen LogP contribution in [0, 0.1) is 12.7 Å². The highest BCUT2D eigenvalue weighted by atomic mass is 19.1. The number of hydrogen-bond donors (Lipinski definition) is 0. The van der Waals surface area contributed by atoms with Gasteiger partial charge in [0.25, 0.3) is 0 Å². The number of halogens is 1. The number of aryl methyl sites for hydroxylation is 1. The topological polar surface area (TPSA) is 29.3 Å². The van der Waals surface area contributed by atoms with Crippen molar-refractivity contribution in [3.05, 3.63) is 41.0 Å². The Bertz CT molecular complexity index is 630. The van der Waals surface area contributed by atoms with Crippen molar-refractivity contribution in [2.45, 2.75) is 26.9 Å². The Hall–Kier alpha value is -1.84. The predicted molar refractivity (Wildman–Crippen MR) is 62.8 cm³/mol. The molecule has 0 fully saturated rings. The number of rotatable bonds is 1. The molecule has 0 radical (unpaired) electrons. The summed E-state index contributed by atoms with van der Waals surface area (Å²) >= 11 is 0. The molecule has 0 N–H and O–H groups in total. The minimum absolute atomic E-state index is 0.178. The Balaban J connectivity index is 2.24. The average molecular weight is 232 g/mol. The number of allylic oxidation sites excluding steroid dienone is 1. The van der Waals surface area contributed by atoms with Gasteiger partial charge in [-0.1, -0.05) is 11.7 Å². The lowest BCUT2D eigenvalue weighted by Crippen LogP contribution is -2.12. The molecule has 0 saturated carbocycles. The lowest BCUT2D eigenvalue weighted by atomic mass is 10.1. The van der Waals surface area contributed by atoms with Gasteiger partial charge in [-0.2, -0.15) is 0 Å². The van der Waals surface area contributed by atoms with Gasteiger partial charge in [0, 0.05) is 35.3 Å². The van der Waals surface area contributed by atoms with Crippen LogP contribution in [0.1, 0.15) is 23.7 Å². The molecule has 0 aliphatic carbocycles. The van der Waals surface area contributed by atoms with Crippen LogP contribution in [-0.2, 0) is 13.1 Å². The first-order chi connectivity index (χ1) is 8.08. The molecule has 1 aliphatic heterocycles. The maximum Gasteiger partial charge on any atom is 0.172 e. The third-order valence-electron chi connectivity index (χ3n) is 3.34. The molecule has 1 aromatic heterocycles. The van der Waals surface area contributed by atoms with Gasteiger partial charge < -0.3 is 9.42 Å². The fraction of sp³-hybridized carbons (Fsp3) is 0.308. The molecule has 0 unspecified atom stereocenters. The van der Waals surface area contributed by atoms with Gasteiger partial charge in [0.1, 0.15) is 5.82 Å². The van der Waals surface area contributed by atoms with Gasteiger partial charge in [0.2, 0.25) is 0 Å². The fourth-order valence-corrected chi connectivity index (χ4v) is 2.31. The Morgan fingerprint density at radius 2 is 2.18 bits per heavy atom. The largest absolute Gasteiger partial charge is 0.367 e. The van der Waals surface area contributed by atoms with Crippen molar-refractivity contribution in [3.63, 3.8) is 0 Å². The van der Waals surface area contributed by atoms with Crippen molar-refractivity contribution < 1.29 is 8.91 Å². The molecule has 1 aliphatic rings. The van der Waals surface area contributed by atoms with Crippen LogP contribution in [0.15, 0.2) is 22.9 Å². The highest BCUT2D eigenvalue weighted by Crippen LogP contribution is 2.34. The van der Waals surface area contributed by atoms with E-state index in [0.717, 1.165) is 22.3 Å². The highest BCUT2D eigenvalue weighted by molar-refractivity contribution is 5.84. The van der Waals surface area contributed by atoms with Gasteiger partial charge in [-0.15, -0.1) is 0 Å². The van der Waals surface area contributed by atoms with Gasteiger partial charge >= 0.3 is 0 Å². The predicted octanol–water partition coefficient (Wildman–Crippen LogP) is 3.12. The van der Waals surface area contributed by atoms with Gasteiger partial charge in [-0.25, -0.2) is 4.39 Å². The zero-order valence-corrected chi connectivity index (χ0v) is 9.88. The number of fused-ring (bicyclic) bond motifs is 3. The summed E-state index contributed by atoms with van der Waals surface area (Å²) in [5, 5.41) is 4.67. The zero-order chi connectivity index (χ0) is 12.2. The Morgan fingerprint density at radius 1 is 1.47 bits per heavy atom. The molecule has 1 aromatic carbocycles. The molecule has 0 atom stereocenters. The minimum Gasteiger partial charge on any atom is -0.367 e. The van der Waals surface area contributed by atoms with Crippen LogP contribution in [-0.4, -0.2) is 10.1 Å². The minimum atomic E-state index is -0.178. The summed E-state index contributed by atoms with van der Waals surface area (Å²) in [5.41, 5.74) is 3.99. The summed E-state index contributed by atoms with van der Waals surface area (Å²) in [6.45, 7) is 8.85. The van der Waals surface area contributed by atoms with Gasteiger partial charge in [-0.05, 0) is 19.9 Å². The van der Waals surface area contributed by atoms with Crippen molar-refractivity contribution >= 4 is 11.0 Å². The van der Waals surface area contributed by atoms with Crippen molar-refractivity contribution in [2.75, 3.05) is 0 Å². The molecule has 4 heteroatoms. The number of hydrogen-bond acceptors (Lipinski definition) is 3. The number of aromatic nitrogens is 1. The van der Waals surface area contributed by atoms with E-state index in [1.54, 1.807) is 0 Å². The monoisotopic (exact) mass is 232 g/mol. The van der Waals surface area contributed by atoms with Crippen LogP contribution in [0.4, 0.5) is 4.39 Å². The quantitative estimate of drug-likeness (QED) is 0.756. The average Bonchev–Trinajstić information content (AvgIpc) is 2.84. The third-order valence-corrected chi connectivity index (χ3v) is 3.34. The molecule has 3 nitrogen and oxygen atoms in total. The first-order valence-corrected chi connectivity index (χ1v) is 5.54. The molecule has 3 rings (SSSR count). The van der Waals surface area contributed by atoms with E-state index in [2.05, 4.69) is 11.7 Å². The molecule has 17 heavy (non-hydrogen) atoms. The summed E-state index contributed by atoms with van der Waals surface area (Å²) in [4.78, 5) is 2.03. The molecule has 2 aromatic rings. The van der Waals surface area contributed by atoms with Crippen LogP contribution < -0.4 is 0 Å². The Morgan fingerprint density at radius 3 is 2.88 bits per heavy atom. The lowest BCUT2D eigenvalue weighted by molar-refractivity contribution is 0.360. The van der Waals surface area contributed by atoms with Crippen LogP contribution in [0.25, 0.3) is 11.0 Å². The van der Waals surface area contributed by atoms with Crippen molar-refractivity contribution in [1.29, 1.82) is 0 Å². The van der Waals surface area contributed by atoms with Crippen molar-refractivity contribution in [3.8, 4) is 0 Å². The molecule has 0 spiro atoms. The van der Waals surface area contributed by atoms with Crippen LogP contribution in [0.3, 0.4) is 0 Å². The summed E-state index contributed by atoms with van der Waals surface area (Å²) in [6, 6.07) is 1.52. The SMILES string of the molecule is C=C(C)N1Cc2c(F)cc3c(C)noc3c2C1. The van der Waals surface area contributed by atoms with Crippen LogP contribution in [0.5, 0.6) is 0 Å².